The van der Waals surface area contributed by atoms with E-state index >= 15 is 0 Å². The Hall–Kier alpha value is -2.35. The number of aromatic nitrogens is 2. The first-order chi connectivity index (χ1) is 10.5. The van der Waals surface area contributed by atoms with Crippen LogP contribution in [0.2, 0.25) is 0 Å². The number of carbonyl (C=O) groups excluding carboxylic acids is 1. The van der Waals surface area contributed by atoms with Crippen LogP contribution < -0.4 is 5.32 Å². The van der Waals surface area contributed by atoms with Crippen LogP contribution >= 0.6 is 0 Å². The third kappa shape index (κ3) is 4.59. The molecule has 0 aliphatic carbocycles. The molecule has 22 heavy (non-hydrogen) atoms. The zero-order valence-electron chi connectivity index (χ0n) is 11.5. The van der Waals surface area contributed by atoms with Gasteiger partial charge < -0.3 is 10.1 Å². The van der Waals surface area contributed by atoms with Crippen LogP contribution in [0.15, 0.2) is 42.9 Å². The van der Waals surface area contributed by atoms with E-state index < -0.39 is 18.7 Å². The van der Waals surface area contributed by atoms with E-state index in [4.69, 9.17) is 0 Å². The molecule has 1 aromatic carbocycles. The molecule has 1 amide bonds. The lowest BCUT2D eigenvalue weighted by Gasteiger charge is -2.10. The molecule has 0 spiro atoms. The van der Waals surface area contributed by atoms with Crippen LogP contribution in [0, 0.1) is 0 Å². The molecule has 1 aromatic heterocycles. The number of imidazole rings is 1. The van der Waals surface area contributed by atoms with Crippen LogP contribution in [0.5, 0.6) is 0 Å². The minimum absolute atomic E-state index is 0.0190. The topological polar surface area (TPSA) is 56.1 Å². The van der Waals surface area contributed by atoms with Gasteiger partial charge in [0.1, 0.15) is 12.3 Å². The van der Waals surface area contributed by atoms with Crippen molar-refractivity contribution in [2.45, 2.75) is 6.18 Å². The lowest BCUT2D eigenvalue weighted by atomic mass is 10.3. The zero-order valence-corrected chi connectivity index (χ0v) is 11.5. The number of hydrogen-bond donors (Lipinski definition) is 1. The highest BCUT2D eigenvalue weighted by atomic mass is 19.4. The molecular formula is C14H14F3N3O2. The van der Waals surface area contributed by atoms with Gasteiger partial charge in [0.2, 0.25) is 0 Å². The predicted molar refractivity (Wildman–Crippen MR) is 72.8 cm³/mol. The molecule has 118 valence electrons. The molecule has 1 N–H and O–H groups in total. The smallest absolute Gasteiger partial charge is 0.370 e. The van der Waals surface area contributed by atoms with E-state index in [9.17, 15) is 18.0 Å². The van der Waals surface area contributed by atoms with Crippen molar-refractivity contribution in [3.8, 4) is 5.69 Å². The van der Waals surface area contributed by atoms with Crippen molar-refractivity contribution < 1.29 is 22.7 Å². The first-order valence-corrected chi connectivity index (χ1v) is 6.48. The number of nitrogens with one attached hydrogen (secondary N) is 1. The number of carbonyl (C=O) groups is 1. The van der Waals surface area contributed by atoms with Crippen LogP contribution in [0.1, 0.15) is 10.5 Å². The normalized spacial score (nSPS) is 11.4. The Kier molecular flexibility index (Phi) is 5.16. The molecule has 0 saturated carbocycles. The molecule has 0 aliphatic heterocycles. The number of amides is 1. The van der Waals surface area contributed by atoms with Crippen LogP contribution in [-0.4, -0.2) is 41.4 Å². The van der Waals surface area contributed by atoms with Crippen LogP contribution in [-0.2, 0) is 4.74 Å². The maximum Gasteiger partial charge on any atom is 0.411 e. The third-order valence-electron chi connectivity index (χ3n) is 2.70. The summed E-state index contributed by atoms with van der Waals surface area (Å²) in [5, 5.41) is 2.49. The van der Waals surface area contributed by atoms with Gasteiger partial charge in [-0.2, -0.15) is 13.2 Å². The van der Waals surface area contributed by atoms with Gasteiger partial charge in [-0.1, -0.05) is 18.2 Å². The highest BCUT2D eigenvalue weighted by Crippen LogP contribution is 2.14. The molecule has 0 atom stereocenters. The van der Waals surface area contributed by atoms with Crippen LogP contribution in [0.25, 0.3) is 5.69 Å². The maximum absolute atomic E-state index is 12.0. The molecule has 0 fully saturated rings. The second kappa shape index (κ2) is 7.08. The molecule has 0 radical (unpaired) electrons. The fraction of sp³-hybridized carbons (Fsp3) is 0.286. The second-order valence-electron chi connectivity index (χ2n) is 4.41. The molecule has 0 unspecified atom stereocenters. The number of nitrogens with zero attached hydrogens (tertiary/aromatic N) is 2. The Labute approximate surface area is 124 Å². The molecule has 1 heterocycles. The highest BCUT2D eigenvalue weighted by molar-refractivity contribution is 5.92. The first kappa shape index (κ1) is 16.0. The van der Waals surface area contributed by atoms with Crippen molar-refractivity contribution >= 4 is 5.91 Å². The van der Waals surface area contributed by atoms with Gasteiger partial charge in [0.25, 0.3) is 5.91 Å². The Morgan fingerprint density at radius 1 is 1.27 bits per heavy atom. The van der Waals surface area contributed by atoms with Gasteiger partial charge in [0.15, 0.2) is 0 Å². The molecular weight excluding hydrogens is 299 g/mol. The molecule has 2 aromatic rings. The monoisotopic (exact) mass is 313 g/mol. The fourth-order valence-corrected chi connectivity index (χ4v) is 1.77. The molecule has 0 aliphatic rings. The van der Waals surface area contributed by atoms with Gasteiger partial charge >= 0.3 is 6.18 Å². The van der Waals surface area contributed by atoms with Crippen LogP contribution in [0.4, 0.5) is 13.2 Å². The number of alkyl halides is 3. The number of ether oxygens (including phenoxy) is 1. The van der Waals surface area contributed by atoms with Gasteiger partial charge in [-0.3, -0.25) is 9.36 Å². The van der Waals surface area contributed by atoms with Crippen molar-refractivity contribution in [2.24, 2.45) is 0 Å². The minimum Gasteiger partial charge on any atom is -0.370 e. The fourth-order valence-electron chi connectivity index (χ4n) is 1.77. The lowest BCUT2D eigenvalue weighted by Crippen LogP contribution is -2.30. The quantitative estimate of drug-likeness (QED) is 0.832. The van der Waals surface area contributed by atoms with Gasteiger partial charge in [-0.05, 0) is 12.1 Å². The van der Waals surface area contributed by atoms with Crippen molar-refractivity contribution in [3.63, 3.8) is 0 Å². The third-order valence-corrected chi connectivity index (χ3v) is 2.70. The Balaban J connectivity index is 1.88. The average molecular weight is 313 g/mol. The van der Waals surface area contributed by atoms with Gasteiger partial charge in [0.05, 0.1) is 19.1 Å². The number of hydrogen-bond acceptors (Lipinski definition) is 3. The van der Waals surface area contributed by atoms with Crippen molar-refractivity contribution in [3.05, 3.63) is 48.5 Å². The molecule has 0 bridgehead atoms. The van der Waals surface area contributed by atoms with E-state index in [2.05, 4.69) is 15.0 Å². The standard InChI is InChI=1S/C14H14F3N3O2/c15-14(16,17)9-22-7-6-19-13(21)12-8-18-10-20(12)11-4-2-1-3-5-11/h1-5,8,10H,6-7,9H2,(H,19,21). The maximum atomic E-state index is 12.0. The Morgan fingerprint density at radius 3 is 2.68 bits per heavy atom. The van der Waals surface area contributed by atoms with Crippen molar-refractivity contribution in [1.29, 1.82) is 0 Å². The van der Waals surface area contributed by atoms with E-state index in [1.165, 1.54) is 12.5 Å². The number of para-hydroxylation sites is 1. The summed E-state index contributed by atoms with van der Waals surface area (Å²) in [5.74, 6) is -0.433. The van der Waals surface area contributed by atoms with Crippen LogP contribution in [0.3, 0.4) is 0 Å². The highest BCUT2D eigenvalue weighted by Gasteiger charge is 2.27. The van der Waals surface area contributed by atoms with Crippen molar-refractivity contribution in [1.82, 2.24) is 14.9 Å². The van der Waals surface area contributed by atoms with E-state index in [-0.39, 0.29) is 13.2 Å². The summed E-state index contributed by atoms with van der Waals surface area (Å²) >= 11 is 0. The molecule has 8 heteroatoms. The summed E-state index contributed by atoms with van der Waals surface area (Å²) in [7, 11) is 0. The molecule has 2 rings (SSSR count). The van der Waals surface area contributed by atoms with Gasteiger partial charge in [0, 0.05) is 12.2 Å². The summed E-state index contributed by atoms with van der Waals surface area (Å²) in [6.07, 6.45) is -1.49. The van der Waals surface area contributed by atoms with E-state index in [0.29, 0.717) is 5.69 Å². The van der Waals surface area contributed by atoms with E-state index in [1.54, 1.807) is 4.57 Å². The van der Waals surface area contributed by atoms with E-state index in [0.717, 1.165) is 5.69 Å². The zero-order chi connectivity index (χ0) is 16.0. The van der Waals surface area contributed by atoms with Gasteiger partial charge in [-0.15, -0.1) is 0 Å². The number of halogens is 3. The summed E-state index contributed by atoms with van der Waals surface area (Å²) in [6.45, 7) is -1.57. The predicted octanol–water partition coefficient (Wildman–Crippen LogP) is 2.18. The summed E-state index contributed by atoms with van der Waals surface area (Å²) in [4.78, 5) is 15.9. The number of benzene rings is 1. The largest absolute Gasteiger partial charge is 0.411 e. The average Bonchev–Trinajstić information content (AvgIpc) is 2.96. The number of rotatable bonds is 6. The Bertz CT molecular complexity index is 611. The van der Waals surface area contributed by atoms with Gasteiger partial charge in [-0.25, -0.2) is 4.98 Å². The minimum atomic E-state index is -4.37. The molecule has 5 nitrogen and oxygen atoms in total. The summed E-state index contributed by atoms with van der Waals surface area (Å²) in [6, 6.07) is 9.11. The molecule has 0 saturated heterocycles. The second-order valence-corrected chi connectivity index (χ2v) is 4.41. The lowest BCUT2D eigenvalue weighted by molar-refractivity contribution is -0.173. The van der Waals surface area contributed by atoms with E-state index in [1.807, 2.05) is 30.3 Å². The summed E-state index contributed by atoms with van der Waals surface area (Å²) < 4.78 is 41.7. The summed E-state index contributed by atoms with van der Waals surface area (Å²) in [5.41, 5.74) is 1.06. The first-order valence-electron chi connectivity index (χ1n) is 6.48. The SMILES string of the molecule is O=C(NCCOCC(F)(F)F)c1cncn1-c1ccccc1. The van der Waals surface area contributed by atoms with Crippen molar-refractivity contribution in [2.75, 3.05) is 19.8 Å². The Morgan fingerprint density at radius 2 is 2.00 bits per heavy atom.